The van der Waals surface area contributed by atoms with Crippen LogP contribution in [0.3, 0.4) is 0 Å². The number of aromatic nitrogens is 7. The first-order chi connectivity index (χ1) is 9.74. The van der Waals surface area contributed by atoms with Crippen molar-refractivity contribution in [2.45, 2.75) is 13.3 Å². The third-order valence-electron chi connectivity index (χ3n) is 2.75. The molecule has 9 nitrogen and oxygen atoms in total. The molecule has 2 N–H and O–H groups in total. The molecule has 3 aromatic heterocycles. The van der Waals surface area contributed by atoms with Crippen molar-refractivity contribution in [2.24, 2.45) is 0 Å². The highest BCUT2D eigenvalue weighted by molar-refractivity contribution is 5.90. The Hall–Kier alpha value is -2.84. The zero-order valence-corrected chi connectivity index (χ0v) is 10.7. The van der Waals surface area contributed by atoms with Gasteiger partial charge in [-0.3, -0.25) is 9.89 Å². The lowest BCUT2D eigenvalue weighted by molar-refractivity contribution is 0.0944. The van der Waals surface area contributed by atoms with Crippen LogP contribution in [0.4, 0.5) is 0 Å². The van der Waals surface area contributed by atoms with Crippen LogP contribution in [0.25, 0.3) is 5.78 Å². The summed E-state index contributed by atoms with van der Waals surface area (Å²) in [4.78, 5) is 24.0. The summed E-state index contributed by atoms with van der Waals surface area (Å²) >= 11 is 0. The van der Waals surface area contributed by atoms with Crippen LogP contribution in [0.15, 0.2) is 18.6 Å². The summed E-state index contributed by atoms with van der Waals surface area (Å²) in [6.07, 6.45) is 3.62. The number of hydrogen-bond acceptors (Lipinski definition) is 6. The van der Waals surface area contributed by atoms with E-state index in [-0.39, 0.29) is 11.7 Å². The second kappa shape index (κ2) is 5.03. The van der Waals surface area contributed by atoms with Crippen molar-refractivity contribution >= 4 is 11.7 Å². The molecule has 0 atom stereocenters. The monoisotopic (exact) mass is 272 g/mol. The molecule has 0 aliphatic heterocycles. The van der Waals surface area contributed by atoms with Crippen molar-refractivity contribution < 1.29 is 4.79 Å². The van der Waals surface area contributed by atoms with E-state index in [9.17, 15) is 4.79 Å². The van der Waals surface area contributed by atoms with Gasteiger partial charge >= 0.3 is 0 Å². The normalized spacial score (nSPS) is 10.8. The van der Waals surface area contributed by atoms with E-state index < -0.39 is 0 Å². The molecule has 0 aliphatic carbocycles. The summed E-state index contributed by atoms with van der Waals surface area (Å²) in [6, 6.07) is 1.80. The Labute approximate surface area is 113 Å². The van der Waals surface area contributed by atoms with E-state index in [0.29, 0.717) is 24.6 Å². The average molecular weight is 272 g/mol. The minimum absolute atomic E-state index is 0.101. The van der Waals surface area contributed by atoms with Gasteiger partial charge in [-0.2, -0.15) is 10.1 Å². The lowest BCUT2D eigenvalue weighted by Crippen LogP contribution is -2.27. The van der Waals surface area contributed by atoms with Crippen molar-refractivity contribution in [3.05, 3.63) is 35.9 Å². The summed E-state index contributed by atoms with van der Waals surface area (Å²) in [5.41, 5.74) is 0.864. The predicted molar refractivity (Wildman–Crippen MR) is 67.9 cm³/mol. The highest BCUT2D eigenvalue weighted by atomic mass is 16.2. The quantitative estimate of drug-likeness (QED) is 0.663. The average Bonchev–Trinajstić information content (AvgIpc) is 3.07. The molecule has 1 amide bonds. The molecule has 0 spiro atoms. The Morgan fingerprint density at radius 2 is 2.35 bits per heavy atom. The Morgan fingerprint density at radius 3 is 3.10 bits per heavy atom. The number of carbonyl (C=O) groups excluding carboxylic acids is 1. The third-order valence-corrected chi connectivity index (χ3v) is 2.75. The number of H-pyrrole nitrogens is 1. The number of nitrogens with one attached hydrogen (secondary N) is 2. The van der Waals surface area contributed by atoms with Gasteiger partial charge in [0.15, 0.2) is 0 Å². The molecule has 20 heavy (non-hydrogen) atoms. The Kier molecular flexibility index (Phi) is 3.07. The maximum atomic E-state index is 11.9. The zero-order chi connectivity index (χ0) is 13.9. The van der Waals surface area contributed by atoms with Crippen LogP contribution in [0.1, 0.15) is 22.1 Å². The van der Waals surface area contributed by atoms with E-state index in [2.05, 4.69) is 35.6 Å². The van der Waals surface area contributed by atoms with Crippen LogP contribution in [0, 0.1) is 6.92 Å². The van der Waals surface area contributed by atoms with E-state index in [1.165, 1.54) is 10.8 Å². The number of nitrogens with zero attached hydrogens (tertiary/aromatic N) is 6. The van der Waals surface area contributed by atoms with Crippen LogP contribution >= 0.6 is 0 Å². The summed E-state index contributed by atoms with van der Waals surface area (Å²) in [7, 11) is 0. The first kappa shape index (κ1) is 12.2. The van der Waals surface area contributed by atoms with Crippen molar-refractivity contribution in [1.29, 1.82) is 0 Å². The molecule has 0 bridgehead atoms. The van der Waals surface area contributed by atoms with Gasteiger partial charge in [0, 0.05) is 24.9 Å². The number of amides is 1. The van der Waals surface area contributed by atoms with E-state index in [1.807, 2.05) is 6.92 Å². The molecule has 0 aliphatic rings. The van der Waals surface area contributed by atoms with Crippen LogP contribution in [0.5, 0.6) is 0 Å². The largest absolute Gasteiger partial charge is 0.349 e. The van der Waals surface area contributed by atoms with Crippen LogP contribution in [0.2, 0.25) is 0 Å². The smallest absolute Gasteiger partial charge is 0.291 e. The molecule has 3 heterocycles. The van der Waals surface area contributed by atoms with Crippen molar-refractivity contribution in [3.63, 3.8) is 0 Å². The van der Waals surface area contributed by atoms with E-state index >= 15 is 0 Å². The lowest BCUT2D eigenvalue weighted by atomic mass is 10.4. The molecular weight excluding hydrogens is 260 g/mol. The molecule has 0 aromatic carbocycles. The standard InChI is InChI=1S/C11H12N8O/c1-7-2-4-13-11-16-9(18-19(7)11)10(20)12-5-3-8-14-6-15-17-8/h2,4,6H,3,5H2,1H3,(H,12,20)(H,14,15,17). The highest BCUT2D eigenvalue weighted by Gasteiger charge is 2.13. The fourth-order valence-corrected chi connectivity index (χ4v) is 1.73. The molecular formula is C11H12N8O. The predicted octanol–water partition coefficient (Wildman–Crippen LogP) is -0.477. The van der Waals surface area contributed by atoms with Crippen molar-refractivity contribution in [2.75, 3.05) is 6.54 Å². The summed E-state index contributed by atoms with van der Waals surface area (Å²) in [5.74, 6) is 0.884. The summed E-state index contributed by atoms with van der Waals surface area (Å²) < 4.78 is 1.53. The van der Waals surface area contributed by atoms with E-state index in [4.69, 9.17) is 0 Å². The number of hydrogen-bond donors (Lipinski definition) is 2. The van der Waals surface area contributed by atoms with Gasteiger partial charge in [-0.15, -0.1) is 5.10 Å². The van der Waals surface area contributed by atoms with Crippen molar-refractivity contribution in [3.8, 4) is 0 Å². The topological polar surface area (TPSA) is 114 Å². The maximum absolute atomic E-state index is 11.9. The Balaban J connectivity index is 1.68. The third kappa shape index (κ3) is 2.32. The molecule has 3 aromatic rings. The van der Waals surface area contributed by atoms with Gasteiger partial charge in [-0.25, -0.2) is 14.5 Å². The van der Waals surface area contributed by atoms with Gasteiger partial charge < -0.3 is 5.32 Å². The SMILES string of the molecule is Cc1ccnc2nc(C(=O)NCCc3ncn[nH]3)nn12. The second-order valence-electron chi connectivity index (χ2n) is 4.17. The second-order valence-corrected chi connectivity index (χ2v) is 4.17. The van der Waals surface area contributed by atoms with Crippen molar-refractivity contribution in [1.82, 2.24) is 40.1 Å². The first-order valence-corrected chi connectivity index (χ1v) is 6.05. The maximum Gasteiger partial charge on any atom is 0.291 e. The Bertz CT molecular complexity index is 732. The number of aryl methyl sites for hydroxylation is 1. The van der Waals surface area contributed by atoms with E-state index in [0.717, 1.165) is 5.69 Å². The first-order valence-electron chi connectivity index (χ1n) is 6.05. The molecule has 0 saturated carbocycles. The van der Waals surface area contributed by atoms with Crippen LogP contribution in [-0.4, -0.2) is 47.2 Å². The summed E-state index contributed by atoms with van der Waals surface area (Å²) in [5, 5.41) is 13.3. The molecule has 0 unspecified atom stereocenters. The van der Waals surface area contributed by atoms with Gasteiger partial charge in [-0.1, -0.05) is 0 Å². The van der Waals surface area contributed by atoms with Gasteiger partial charge in [0.05, 0.1) is 0 Å². The molecule has 0 radical (unpaired) electrons. The molecule has 3 rings (SSSR count). The minimum Gasteiger partial charge on any atom is -0.349 e. The van der Waals surface area contributed by atoms with Crippen LogP contribution in [-0.2, 0) is 6.42 Å². The molecule has 9 heteroatoms. The summed E-state index contributed by atoms with van der Waals surface area (Å²) in [6.45, 7) is 2.30. The molecule has 102 valence electrons. The number of carbonyl (C=O) groups is 1. The molecule has 0 fully saturated rings. The highest BCUT2D eigenvalue weighted by Crippen LogP contribution is 2.01. The van der Waals surface area contributed by atoms with Gasteiger partial charge in [0.2, 0.25) is 5.82 Å². The fraction of sp³-hybridized carbons (Fsp3) is 0.273. The zero-order valence-electron chi connectivity index (χ0n) is 10.7. The van der Waals surface area contributed by atoms with E-state index in [1.54, 1.807) is 12.3 Å². The minimum atomic E-state index is -0.339. The number of rotatable bonds is 4. The lowest BCUT2D eigenvalue weighted by Gasteiger charge is -1.99. The number of aromatic amines is 1. The van der Waals surface area contributed by atoms with Crippen LogP contribution < -0.4 is 5.32 Å². The van der Waals surface area contributed by atoms with Gasteiger partial charge in [0.1, 0.15) is 12.2 Å². The van der Waals surface area contributed by atoms with Gasteiger partial charge in [-0.05, 0) is 13.0 Å². The molecule has 0 saturated heterocycles. The fourth-order valence-electron chi connectivity index (χ4n) is 1.73. The Morgan fingerprint density at radius 1 is 1.45 bits per heavy atom. The number of fused-ring (bicyclic) bond motifs is 1. The van der Waals surface area contributed by atoms with Gasteiger partial charge in [0.25, 0.3) is 11.7 Å².